The molecule has 3 rings (SSSR count). The number of likely N-dealkylation sites (tertiary alicyclic amines) is 1. The predicted molar refractivity (Wildman–Crippen MR) is 88.3 cm³/mol. The molecule has 0 saturated carbocycles. The lowest BCUT2D eigenvalue weighted by atomic mass is 9.83. The first-order chi connectivity index (χ1) is 10.1. The minimum absolute atomic E-state index is 0.172. The molecule has 2 N–H and O–H groups in total. The van der Waals surface area contributed by atoms with Gasteiger partial charge in [0, 0.05) is 18.6 Å². The molecule has 0 radical (unpaired) electrons. The Labute approximate surface area is 129 Å². The molecule has 116 valence electrons. The van der Waals surface area contributed by atoms with Crippen LogP contribution in [-0.4, -0.2) is 49.6 Å². The number of rotatable bonds is 3. The molecule has 3 nitrogen and oxygen atoms in total. The Hall–Kier alpha value is -0.900. The van der Waals surface area contributed by atoms with E-state index in [1.807, 2.05) is 0 Å². The third kappa shape index (κ3) is 3.31. The van der Waals surface area contributed by atoms with Crippen LogP contribution in [0.4, 0.5) is 0 Å². The van der Waals surface area contributed by atoms with Gasteiger partial charge in [-0.2, -0.15) is 0 Å². The van der Waals surface area contributed by atoms with Gasteiger partial charge in [0.25, 0.3) is 0 Å². The molecule has 3 heteroatoms. The second-order valence-electron chi connectivity index (χ2n) is 7.02. The van der Waals surface area contributed by atoms with Gasteiger partial charge in [0.05, 0.1) is 0 Å². The third-order valence-electron chi connectivity index (χ3n) is 5.49. The van der Waals surface area contributed by atoms with E-state index in [0.29, 0.717) is 6.04 Å². The van der Waals surface area contributed by atoms with Gasteiger partial charge in [-0.15, -0.1) is 0 Å². The van der Waals surface area contributed by atoms with Gasteiger partial charge in [0.15, 0.2) is 0 Å². The molecule has 1 saturated heterocycles. The quantitative estimate of drug-likeness (QED) is 0.926. The molecule has 2 unspecified atom stereocenters. The van der Waals surface area contributed by atoms with Crippen molar-refractivity contribution < 1.29 is 0 Å². The molecular weight excluding hydrogens is 258 g/mol. The summed E-state index contributed by atoms with van der Waals surface area (Å²) in [7, 11) is 4.50. The number of piperidine rings is 1. The standard InChI is InChI=1S/C18H29N3/c1-20-11-9-14(10-12-20)13-21(2)17-8-7-15-5-3-4-6-16(15)18(17)19/h3-6,14,17-18H,7-13,19H2,1-2H3. The van der Waals surface area contributed by atoms with E-state index in [9.17, 15) is 0 Å². The number of aryl methyl sites for hydroxylation is 1. The highest BCUT2D eigenvalue weighted by molar-refractivity contribution is 5.33. The van der Waals surface area contributed by atoms with Crippen molar-refractivity contribution >= 4 is 0 Å². The minimum atomic E-state index is 0.172. The lowest BCUT2D eigenvalue weighted by Crippen LogP contribution is -2.46. The highest BCUT2D eigenvalue weighted by Crippen LogP contribution is 2.31. The van der Waals surface area contributed by atoms with Crippen LogP contribution in [0, 0.1) is 5.92 Å². The van der Waals surface area contributed by atoms with E-state index in [-0.39, 0.29) is 6.04 Å². The maximum atomic E-state index is 6.57. The molecule has 1 fully saturated rings. The second kappa shape index (κ2) is 6.47. The first kappa shape index (κ1) is 15.0. The van der Waals surface area contributed by atoms with Crippen molar-refractivity contribution in [3.05, 3.63) is 35.4 Å². The normalized spacial score (nSPS) is 27.8. The fraction of sp³-hybridized carbons (Fsp3) is 0.667. The van der Waals surface area contributed by atoms with Crippen molar-refractivity contribution in [3.63, 3.8) is 0 Å². The maximum absolute atomic E-state index is 6.57. The zero-order valence-electron chi connectivity index (χ0n) is 13.5. The van der Waals surface area contributed by atoms with Crippen LogP contribution in [0.15, 0.2) is 24.3 Å². The van der Waals surface area contributed by atoms with Crippen molar-refractivity contribution in [1.82, 2.24) is 9.80 Å². The van der Waals surface area contributed by atoms with Gasteiger partial charge >= 0.3 is 0 Å². The van der Waals surface area contributed by atoms with Crippen LogP contribution in [0.1, 0.15) is 36.4 Å². The molecule has 0 aromatic heterocycles. The summed E-state index contributed by atoms with van der Waals surface area (Å²) in [5.41, 5.74) is 9.39. The molecule has 1 aliphatic heterocycles. The average Bonchev–Trinajstić information content (AvgIpc) is 2.50. The number of hydrogen-bond acceptors (Lipinski definition) is 3. The van der Waals surface area contributed by atoms with Gasteiger partial charge in [0.2, 0.25) is 0 Å². The summed E-state index contributed by atoms with van der Waals surface area (Å²) in [6.45, 7) is 3.70. The molecule has 0 amide bonds. The predicted octanol–water partition coefficient (Wildman–Crippen LogP) is 2.27. The smallest absolute Gasteiger partial charge is 0.0455 e. The number of nitrogens with zero attached hydrogens (tertiary/aromatic N) is 2. The van der Waals surface area contributed by atoms with Crippen molar-refractivity contribution in [2.24, 2.45) is 11.7 Å². The molecule has 1 aromatic carbocycles. The van der Waals surface area contributed by atoms with Gasteiger partial charge in [-0.25, -0.2) is 0 Å². The summed E-state index contributed by atoms with van der Waals surface area (Å²) >= 11 is 0. The van der Waals surface area contributed by atoms with Gasteiger partial charge in [-0.1, -0.05) is 24.3 Å². The molecule has 21 heavy (non-hydrogen) atoms. The molecule has 2 atom stereocenters. The Morgan fingerprint density at radius 2 is 1.90 bits per heavy atom. The fourth-order valence-electron chi connectivity index (χ4n) is 4.06. The lowest BCUT2D eigenvalue weighted by Gasteiger charge is -2.40. The summed E-state index contributed by atoms with van der Waals surface area (Å²) in [4.78, 5) is 4.98. The van der Waals surface area contributed by atoms with E-state index >= 15 is 0 Å². The van der Waals surface area contributed by atoms with E-state index in [0.717, 1.165) is 5.92 Å². The summed E-state index contributed by atoms with van der Waals surface area (Å²) < 4.78 is 0. The van der Waals surface area contributed by atoms with Crippen molar-refractivity contribution in [3.8, 4) is 0 Å². The topological polar surface area (TPSA) is 32.5 Å². The summed E-state index contributed by atoms with van der Waals surface area (Å²) in [5.74, 6) is 0.843. The van der Waals surface area contributed by atoms with Gasteiger partial charge in [-0.05, 0) is 69.9 Å². The van der Waals surface area contributed by atoms with E-state index in [4.69, 9.17) is 5.73 Å². The fourth-order valence-corrected chi connectivity index (χ4v) is 4.06. The van der Waals surface area contributed by atoms with Crippen molar-refractivity contribution in [2.75, 3.05) is 33.7 Å². The molecule has 0 bridgehead atoms. The van der Waals surface area contributed by atoms with E-state index in [2.05, 4.69) is 48.2 Å². The largest absolute Gasteiger partial charge is 0.323 e. The van der Waals surface area contributed by atoms with Crippen LogP contribution in [0.2, 0.25) is 0 Å². The van der Waals surface area contributed by atoms with Crippen LogP contribution in [0.5, 0.6) is 0 Å². The number of nitrogens with two attached hydrogens (primary N) is 1. The summed E-state index contributed by atoms with van der Waals surface area (Å²) in [5, 5.41) is 0. The molecule has 2 aliphatic rings. The van der Waals surface area contributed by atoms with Crippen LogP contribution in [-0.2, 0) is 6.42 Å². The zero-order chi connectivity index (χ0) is 14.8. The van der Waals surface area contributed by atoms with Gasteiger partial charge < -0.3 is 15.5 Å². The Kier molecular flexibility index (Phi) is 4.63. The number of hydrogen-bond donors (Lipinski definition) is 1. The number of likely N-dealkylation sites (N-methyl/N-ethyl adjacent to an activating group) is 1. The van der Waals surface area contributed by atoms with Gasteiger partial charge in [-0.3, -0.25) is 0 Å². The summed E-state index contributed by atoms with van der Waals surface area (Å²) in [6, 6.07) is 9.38. The maximum Gasteiger partial charge on any atom is 0.0455 e. The first-order valence-electron chi connectivity index (χ1n) is 8.37. The Balaban J connectivity index is 1.62. The van der Waals surface area contributed by atoms with E-state index < -0.39 is 0 Å². The average molecular weight is 287 g/mol. The number of fused-ring (bicyclic) bond motifs is 1. The highest BCUT2D eigenvalue weighted by atomic mass is 15.2. The Morgan fingerprint density at radius 1 is 1.19 bits per heavy atom. The second-order valence-corrected chi connectivity index (χ2v) is 7.02. The van der Waals surface area contributed by atoms with Crippen LogP contribution >= 0.6 is 0 Å². The molecular formula is C18H29N3. The SMILES string of the molecule is CN1CCC(CN(C)C2CCc3ccccc3C2N)CC1. The minimum Gasteiger partial charge on any atom is -0.323 e. The molecule has 0 spiro atoms. The Morgan fingerprint density at radius 3 is 2.67 bits per heavy atom. The van der Waals surface area contributed by atoms with E-state index in [1.54, 1.807) is 0 Å². The summed E-state index contributed by atoms with van der Waals surface area (Å²) in [6.07, 6.45) is 5.03. The first-order valence-corrected chi connectivity index (χ1v) is 8.37. The lowest BCUT2D eigenvalue weighted by molar-refractivity contribution is 0.129. The molecule has 1 heterocycles. The van der Waals surface area contributed by atoms with Crippen LogP contribution < -0.4 is 5.73 Å². The monoisotopic (exact) mass is 287 g/mol. The Bertz CT molecular complexity index is 465. The van der Waals surface area contributed by atoms with Crippen molar-refractivity contribution in [2.45, 2.75) is 37.8 Å². The van der Waals surface area contributed by atoms with Crippen molar-refractivity contribution in [1.29, 1.82) is 0 Å². The zero-order valence-corrected chi connectivity index (χ0v) is 13.5. The van der Waals surface area contributed by atoms with Crippen LogP contribution in [0.3, 0.4) is 0 Å². The number of benzene rings is 1. The van der Waals surface area contributed by atoms with Gasteiger partial charge in [0.1, 0.15) is 0 Å². The third-order valence-corrected chi connectivity index (χ3v) is 5.49. The molecule has 1 aliphatic carbocycles. The van der Waals surface area contributed by atoms with Crippen LogP contribution in [0.25, 0.3) is 0 Å². The van der Waals surface area contributed by atoms with E-state index in [1.165, 1.54) is 56.4 Å². The highest BCUT2D eigenvalue weighted by Gasteiger charge is 2.30. The molecule has 1 aromatic rings.